The molecule has 0 spiro atoms. The molecule has 0 saturated carbocycles. The van der Waals surface area contributed by atoms with Gasteiger partial charge in [0.25, 0.3) is 0 Å². The molecule has 1 amide bonds. The summed E-state index contributed by atoms with van der Waals surface area (Å²) in [5, 5.41) is 0. The summed E-state index contributed by atoms with van der Waals surface area (Å²) in [6, 6.07) is 0. The molecule has 0 radical (unpaired) electrons. The minimum atomic E-state index is -3.43. The summed E-state index contributed by atoms with van der Waals surface area (Å²) < 4.78 is 25.3. The van der Waals surface area contributed by atoms with E-state index < -0.39 is 21.5 Å². The van der Waals surface area contributed by atoms with E-state index in [2.05, 4.69) is 4.72 Å². The molecule has 0 aliphatic rings. The van der Waals surface area contributed by atoms with Crippen LogP contribution in [-0.4, -0.2) is 25.6 Å². The van der Waals surface area contributed by atoms with Crippen molar-refractivity contribution in [1.82, 2.24) is 4.72 Å². The van der Waals surface area contributed by atoms with Crippen molar-refractivity contribution in [3.63, 3.8) is 0 Å². The number of sulfonamides is 1. The number of amides is 1. The lowest BCUT2D eigenvalue weighted by molar-refractivity contribution is -0.125. The van der Waals surface area contributed by atoms with Crippen LogP contribution in [0.5, 0.6) is 0 Å². The van der Waals surface area contributed by atoms with E-state index in [-0.39, 0.29) is 11.7 Å². The molecule has 15 heavy (non-hydrogen) atoms. The molecule has 0 fully saturated rings. The molecule has 1 unspecified atom stereocenters. The zero-order chi connectivity index (χ0) is 12.3. The maximum atomic E-state index is 11.5. The van der Waals surface area contributed by atoms with Crippen LogP contribution in [0, 0.1) is 5.92 Å². The van der Waals surface area contributed by atoms with Gasteiger partial charge < -0.3 is 5.73 Å². The van der Waals surface area contributed by atoms with Crippen LogP contribution in [0.4, 0.5) is 0 Å². The Bertz CT molecular complexity index is 324. The van der Waals surface area contributed by atoms with Crippen molar-refractivity contribution >= 4 is 15.9 Å². The number of carbonyl (C=O) groups excluding carboxylic acids is 1. The number of rotatable bonds is 6. The molecule has 0 rings (SSSR count). The summed E-state index contributed by atoms with van der Waals surface area (Å²) in [6.45, 7) is 6.80. The summed E-state index contributed by atoms with van der Waals surface area (Å²) in [5.41, 5.74) is 4.11. The number of nitrogens with two attached hydrogens (primary N) is 1. The van der Waals surface area contributed by atoms with E-state index in [4.69, 9.17) is 5.73 Å². The Morgan fingerprint density at radius 1 is 1.40 bits per heavy atom. The maximum Gasteiger partial charge on any atom is 0.238 e. The van der Waals surface area contributed by atoms with E-state index in [0.29, 0.717) is 6.42 Å². The van der Waals surface area contributed by atoms with Crippen LogP contribution in [-0.2, 0) is 14.8 Å². The van der Waals surface area contributed by atoms with Crippen molar-refractivity contribution in [2.75, 3.05) is 5.75 Å². The fourth-order valence-corrected chi connectivity index (χ4v) is 2.64. The summed E-state index contributed by atoms with van der Waals surface area (Å²) in [7, 11) is -3.43. The van der Waals surface area contributed by atoms with Crippen molar-refractivity contribution in [2.45, 2.75) is 39.7 Å². The molecule has 0 bridgehead atoms. The molecule has 0 aromatic rings. The van der Waals surface area contributed by atoms with Gasteiger partial charge in [0.05, 0.1) is 5.75 Å². The minimum absolute atomic E-state index is 0.0608. The first kappa shape index (κ1) is 14.4. The Kier molecular flexibility index (Phi) is 4.73. The quantitative estimate of drug-likeness (QED) is 0.691. The third-order valence-electron chi connectivity index (χ3n) is 2.70. The monoisotopic (exact) mass is 236 g/mol. The van der Waals surface area contributed by atoms with Crippen molar-refractivity contribution in [3.8, 4) is 0 Å². The van der Waals surface area contributed by atoms with Gasteiger partial charge in [0.2, 0.25) is 15.9 Å². The van der Waals surface area contributed by atoms with E-state index in [9.17, 15) is 13.2 Å². The molecule has 0 heterocycles. The van der Waals surface area contributed by atoms with Gasteiger partial charge in [0.1, 0.15) is 5.54 Å². The standard InChI is InChI=1S/C9H20N2O3S/c1-5-9(7(3)4,8(10)12)11-15(13,14)6-2/h7,11H,5-6H2,1-4H3,(H2,10,12). The van der Waals surface area contributed by atoms with Crippen molar-refractivity contribution in [3.05, 3.63) is 0 Å². The molecule has 0 saturated heterocycles. The number of hydrogen-bond acceptors (Lipinski definition) is 3. The van der Waals surface area contributed by atoms with E-state index in [1.54, 1.807) is 20.8 Å². The smallest absolute Gasteiger partial charge is 0.238 e. The highest BCUT2D eigenvalue weighted by atomic mass is 32.2. The SMILES string of the molecule is CCC(NS(=O)(=O)CC)(C(N)=O)C(C)C. The zero-order valence-corrected chi connectivity index (χ0v) is 10.5. The Balaban J connectivity index is 5.21. The van der Waals surface area contributed by atoms with Crippen LogP contribution in [0.3, 0.4) is 0 Å². The highest BCUT2D eigenvalue weighted by Crippen LogP contribution is 2.22. The number of primary amides is 1. The highest BCUT2D eigenvalue weighted by Gasteiger charge is 2.41. The molecule has 0 aliphatic heterocycles. The molecular formula is C9H20N2O3S. The van der Waals surface area contributed by atoms with Gasteiger partial charge in [-0.15, -0.1) is 0 Å². The minimum Gasteiger partial charge on any atom is -0.368 e. The second-order valence-electron chi connectivity index (χ2n) is 3.85. The van der Waals surface area contributed by atoms with Gasteiger partial charge in [-0.05, 0) is 19.3 Å². The summed E-state index contributed by atoms with van der Waals surface area (Å²) >= 11 is 0. The maximum absolute atomic E-state index is 11.5. The van der Waals surface area contributed by atoms with Gasteiger partial charge in [-0.1, -0.05) is 20.8 Å². The number of nitrogens with one attached hydrogen (secondary N) is 1. The Hall–Kier alpha value is -0.620. The highest BCUT2D eigenvalue weighted by molar-refractivity contribution is 7.89. The first-order valence-electron chi connectivity index (χ1n) is 5.03. The van der Waals surface area contributed by atoms with Gasteiger partial charge in [0, 0.05) is 0 Å². The predicted octanol–water partition coefficient (Wildman–Crippen LogP) is 0.216. The van der Waals surface area contributed by atoms with Crippen molar-refractivity contribution in [1.29, 1.82) is 0 Å². The van der Waals surface area contributed by atoms with E-state index in [1.165, 1.54) is 6.92 Å². The topological polar surface area (TPSA) is 89.3 Å². The van der Waals surface area contributed by atoms with Gasteiger partial charge in [-0.2, -0.15) is 4.72 Å². The van der Waals surface area contributed by atoms with Gasteiger partial charge in [-0.3, -0.25) is 4.79 Å². The second-order valence-corrected chi connectivity index (χ2v) is 5.86. The summed E-state index contributed by atoms with van der Waals surface area (Å²) in [6.07, 6.45) is 0.346. The average Bonchev–Trinajstić information content (AvgIpc) is 2.13. The Morgan fingerprint density at radius 3 is 2.07 bits per heavy atom. The molecule has 5 nitrogen and oxygen atoms in total. The van der Waals surface area contributed by atoms with Gasteiger partial charge in [0.15, 0.2) is 0 Å². The molecular weight excluding hydrogens is 216 g/mol. The van der Waals surface area contributed by atoms with E-state index in [1.807, 2.05) is 0 Å². The normalized spacial score (nSPS) is 16.3. The van der Waals surface area contributed by atoms with Crippen LogP contribution in [0.25, 0.3) is 0 Å². The lowest BCUT2D eigenvalue weighted by atomic mass is 9.84. The van der Waals surface area contributed by atoms with Crippen LogP contribution in [0.15, 0.2) is 0 Å². The van der Waals surface area contributed by atoms with Gasteiger partial charge in [-0.25, -0.2) is 8.42 Å². The molecule has 0 aliphatic carbocycles. The largest absolute Gasteiger partial charge is 0.368 e. The summed E-state index contributed by atoms with van der Waals surface area (Å²) in [5.74, 6) is -0.868. The molecule has 3 N–H and O–H groups in total. The van der Waals surface area contributed by atoms with Crippen LogP contribution in [0.1, 0.15) is 34.1 Å². The molecule has 6 heteroatoms. The molecule has 0 aromatic heterocycles. The number of carbonyl (C=O) groups is 1. The Morgan fingerprint density at radius 2 is 1.87 bits per heavy atom. The van der Waals surface area contributed by atoms with E-state index in [0.717, 1.165) is 0 Å². The fourth-order valence-electron chi connectivity index (χ4n) is 1.46. The Labute approximate surface area is 91.5 Å². The van der Waals surface area contributed by atoms with Gasteiger partial charge >= 0.3 is 0 Å². The van der Waals surface area contributed by atoms with Crippen LogP contribution < -0.4 is 10.5 Å². The lowest BCUT2D eigenvalue weighted by Crippen LogP contribution is -2.60. The first-order valence-corrected chi connectivity index (χ1v) is 6.68. The summed E-state index contributed by atoms with van der Waals surface area (Å²) in [4.78, 5) is 11.4. The predicted molar refractivity (Wildman–Crippen MR) is 59.7 cm³/mol. The molecule has 0 aromatic carbocycles. The zero-order valence-electron chi connectivity index (χ0n) is 9.70. The lowest BCUT2D eigenvalue weighted by Gasteiger charge is -2.33. The first-order chi connectivity index (χ1) is 6.72. The molecule has 90 valence electrons. The number of hydrogen-bond donors (Lipinski definition) is 2. The van der Waals surface area contributed by atoms with Crippen molar-refractivity contribution in [2.24, 2.45) is 11.7 Å². The molecule has 1 atom stereocenters. The average molecular weight is 236 g/mol. The fraction of sp³-hybridized carbons (Fsp3) is 0.889. The second kappa shape index (κ2) is 4.94. The third-order valence-corrected chi connectivity index (χ3v) is 4.14. The van der Waals surface area contributed by atoms with Crippen LogP contribution >= 0.6 is 0 Å². The van der Waals surface area contributed by atoms with E-state index >= 15 is 0 Å². The third kappa shape index (κ3) is 3.17. The van der Waals surface area contributed by atoms with Crippen LogP contribution in [0.2, 0.25) is 0 Å². The van der Waals surface area contributed by atoms with Crippen molar-refractivity contribution < 1.29 is 13.2 Å².